The van der Waals surface area contributed by atoms with Crippen molar-refractivity contribution in [3.05, 3.63) is 0 Å². The normalized spacial score (nSPS) is 13.6. The molecule has 5 nitrogen and oxygen atoms in total. The molecule has 0 aliphatic rings. The topological polar surface area (TPSA) is 72.5 Å². The van der Waals surface area contributed by atoms with Crippen LogP contribution in [0.3, 0.4) is 0 Å². The Morgan fingerprint density at radius 1 is 1.29 bits per heavy atom. The van der Waals surface area contributed by atoms with E-state index >= 15 is 0 Å². The number of quaternary nitrogens is 1. The van der Waals surface area contributed by atoms with Crippen molar-refractivity contribution < 1.29 is 19.1 Å². The van der Waals surface area contributed by atoms with Crippen molar-refractivity contribution in [2.75, 3.05) is 40.8 Å². The average molecular weight is 247 g/mol. The molecule has 0 rings (SSSR count). The van der Waals surface area contributed by atoms with E-state index in [2.05, 4.69) is 0 Å². The maximum Gasteiger partial charge on any atom is 0.306 e. The van der Waals surface area contributed by atoms with Gasteiger partial charge in [-0.15, -0.1) is 0 Å². The van der Waals surface area contributed by atoms with E-state index in [-0.39, 0.29) is 12.5 Å². The van der Waals surface area contributed by atoms with Crippen molar-refractivity contribution in [1.29, 1.82) is 0 Å². The Kier molecular flexibility index (Phi) is 8.12. The number of hydrogen-bond donors (Lipinski definition) is 2. The average Bonchev–Trinajstić information content (AvgIpc) is 2.13. The van der Waals surface area contributed by atoms with Crippen LogP contribution in [-0.2, 0) is 9.53 Å². The second kappa shape index (κ2) is 8.44. The minimum Gasteiger partial charge on any atom is -0.481 e. The molecular formula is C12H27N2O3+. The summed E-state index contributed by atoms with van der Waals surface area (Å²) in [6, 6.07) is 0. The van der Waals surface area contributed by atoms with Crippen molar-refractivity contribution in [2.45, 2.75) is 31.8 Å². The van der Waals surface area contributed by atoms with Crippen LogP contribution in [0.5, 0.6) is 0 Å². The Morgan fingerprint density at radius 3 is 2.41 bits per heavy atom. The summed E-state index contributed by atoms with van der Waals surface area (Å²) in [6.45, 7) is 2.04. The molecule has 1 unspecified atom stereocenters. The van der Waals surface area contributed by atoms with Crippen LogP contribution in [0.4, 0.5) is 0 Å². The molecule has 0 bridgehead atoms. The van der Waals surface area contributed by atoms with Crippen LogP contribution in [0.1, 0.15) is 25.7 Å². The lowest BCUT2D eigenvalue weighted by Crippen LogP contribution is -2.43. The van der Waals surface area contributed by atoms with E-state index in [0.717, 1.165) is 19.3 Å². The molecule has 0 aliphatic carbocycles. The highest BCUT2D eigenvalue weighted by atomic mass is 16.5. The fraction of sp³-hybridized carbons (Fsp3) is 0.917. The standard InChI is InChI=1S/C12H26N2O3/c1-14(2,3)10-11(9-12(15)16)17-8-6-4-5-7-13/h11H,4-10,13H2,1-3H3/p+1. The first-order valence-corrected chi connectivity index (χ1v) is 6.19. The van der Waals surface area contributed by atoms with Crippen LogP contribution in [0.2, 0.25) is 0 Å². The Balaban J connectivity index is 3.90. The zero-order valence-corrected chi connectivity index (χ0v) is 11.3. The summed E-state index contributed by atoms with van der Waals surface area (Å²) in [7, 11) is 6.10. The van der Waals surface area contributed by atoms with Gasteiger partial charge in [-0.25, -0.2) is 0 Å². The van der Waals surface area contributed by atoms with Crippen LogP contribution in [0.25, 0.3) is 0 Å². The van der Waals surface area contributed by atoms with Gasteiger partial charge in [-0.2, -0.15) is 0 Å². The first-order chi connectivity index (χ1) is 7.85. The molecule has 0 radical (unpaired) electrons. The van der Waals surface area contributed by atoms with Gasteiger partial charge in [-0.05, 0) is 25.8 Å². The van der Waals surface area contributed by atoms with Gasteiger partial charge in [0, 0.05) is 6.61 Å². The molecule has 0 aromatic rings. The molecule has 0 aliphatic heterocycles. The summed E-state index contributed by atoms with van der Waals surface area (Å²) < 4.78 is 6.35. The van der Waals surface area contributed by atoms with E-state index in [9.17, 15) is 4.79 Å². The van der Waals surface area contributed by atoms with Crippen molar-refractivity contribution in [3.8, 4) is 0 Å². The van der Waals surface area contributed by atoms with Gasteiger partial charge < -0.3 is 20.1 Å². The third-order valence-corrected chi connectivity index (χ3v) is 2.36. The van der Waals surface area contributed by atoms with Gasteiger partial charge in [-0.1, -0.05) is 0 Å². The molecule has 102 valence electrons. The van der Waals surface area contributed by atoms with Gasteiger partial charge in [0.15, 0.2) is 0 Å². The van der Waals surface area contributed by atoms with E-state index < -0.39 is 5.97 Å². The molecule has 3 N–H and O–H groups in total. The summed E-state index contributed by atoms with van der Waals surface area (Å²) >= 11 is 0. The highest BCUT2D eigenvalue weighted by Crippen LogP contribution is 2.06. The number of likely N-dealkylation sites (N-methyl/N-ethyl adjacent to an activating group) is 1. The lowest BCUT2D eigenvalue weighted by atomic mass is 10.2. The summed E-state index contributed by atoms with van der Waals surface area (Å²) in [6.07, 6.45) is 2.87. The monoisotopic (exact) mass is 247 g/mol. The molecular weight excluding hydrogens is 220 g/mol. The van der Waals surface area contributed by atoms with E-state index in [0.29, 0.717) is 24.2 Å². The second-order valence-corrected chi connectivity index (χ2v) is 5.41. The van der Waals surface area contributed by atoms with Gasteiger partial charge in [0.05, 0.1) is 27.6 Å². The van der Waals surface area contributed by atoms with Crippen LogP contribution in [0.15, 0.2) is 0 Å². The number of unbranched alkanes of at least 4 members (excludes halogenated alkanes) is 2. The van der Waals surface area contributed by atoms with Crippen LogP contribution < -0.4 is 5.73 Å². The molecule has 0 aromatic heterocycles. The van der Waals surface area contributed by atoms with Crippen LogP contribution >= 0.6 is 0 Å². The molecule has 0 heterocycles. The van der Waals surface area contributed by atoms with Crippen LogP contribution in [-0.4, -0.2) is 62.5 Å². The van der Waals surface area contributed by atoms with Gasteiger partial charge in [0.2, 0.25) is 0 Å². The Bertz CT molecular complexity index is 214. The van der Waals surface area contributed by atoms with Crippen molar-refractivity contribution in [2.24, 2.45) is 5.73 Å². The van der Waals surface area contributed by atoms with Crippen molar-refractivity contribution in [1.82, 2.24) is 0 Å². The molecule has 0 amide bonds. The number of rotatable bonds is 10. The Hall–Kier alpha value is -0.650. The molecule has 1 atom stereocenters. The summed E-state index contributed by atoms with van der Waals surface area (Å²) in [4.78, 5) is 10.7. The largest absolute Gasteiger partial charge is 0.481 e. The second-order valence-electron chi connectivity index (χ2n) is 5.41. The van der Waals surface area contributed by atoms with Crippen LogP contribution in [0, 0.1) is 0 Å². The predicted octanol–water partition coefficient (Wildman–Crippen LogP) is 0.682. The maximum absolute atomic E-state index is 10.7. The first-order valence-electron chi connectivity index (χ1n) is 6.19. The highest BCUT2D eigenvalue weighted by molar-refractivity contribution is 5.67. The third-order valence-electron chi connectivity index (χ3n) is 2.36. The molecule has 0 saturated heterocycles. The molecule has 0 spiro atoms. The fourth-order valence-corrected chi connectivity index (χ4v) is 1.66. The molecule has 0 fully saturated rings. The summed E-state index contributed by atoms with van der Waals surface area (Å²) in [5.74, 6) is -0.801. The Labute approximate surface area is 104 Å². The number of aliphatic carboxylic acids is 1. The minimum atomic E-state index is -0.801. The zero-order chi connectivity index (χ0) is 13.3. The quantitative estimate of drug-likeness (QED) is 0.440. The van der Waals surface area contributed by atoms with Crippen molar-refractivity contribution >= 4 is 5.97 Å². The van der Waals surface area contributed by atoms with Gasteiger partial charge in [0.25, 0.3) is 0 Å². The summed E-state index contributed by atoms with van der Waals surface area (Å²) in [5, 5.41) is 8.82. The lowest BCUT2D eigenvalue weighted by molar-refractivity contribution is -0.873. The maximum atomic E-state index is 10.7. The highest BCUT2D eigenvalue weighted by Gasteiger charge is 2.21. The number of nitrogens with two attached hydrogens (primary N) is 1. The third kappa shape index (κ3) is 11.6. The van der Waals surface area contributed by atoms with Gasteiger partial charge in [0.1, 0.15) is 12.6 Å². The van der Waals surface area contributed by atoms with E-state index in [1.165, 1.54) is 0 Å². The van der Waals surface area contributed by atoms with Gasteiger partial charge in [-0.3, -0.25) is 4.79 Å². The van der Waals surface area contributed by atoms with Gasteiger partial charge >= 0.3 is 5.97 Å². The number of ether oxygens (including phenoxy) is 1. The number of carboxylic acid groups (broad SMARTS) is 1. The Morgan fingerprint density at radius 2 is 1.94 bits per heavy atom. The minimum absolute atomic E-state index is 0.0758. The molecule has 0 saturated carbocycles. The van der Waals surface area contributed by atoms with E-state index in [1.54, 1.807) is 0 Å². The first kappa shape index (κ1) is 16.4. The van der Waals surface area contributed by atoms with E-state index in [4.69, 9.17) is 15.6 Å². The van der Waals surface area contributed by atoms with E-state index in [1.807, 2.05) is 21.1 Å². The number of nitrogens with zero attached hydrogens (tertiary/aromatic N) is 1. The molecule has 5 heteroatoms. The lowest BCUT2D eigenvalue weighted by Gasteiger charge is -2.28. The smallest absolute Gasteiger partial charge is 0.306 e. The fourth-order valence-electron chi connectivity index (χ4n) is 1.66. The predicted molar refractivity (Wildman–Crippen MR) is 67.8 cm³/mol. The SMILES string of the molecule is C[N+](C)(C)CC(CC(=O)O)OCCCCCN. The number of carbonyl (C=O) groups is 1. The summed E-state index contributed by atoms with van der Waals surface area (Å²) in [5.41, 5.74) is 5.40. The molecule has 0 aromatic carbocycles. The number of carboxylic acids is 1. The zero-order valence-electron chi connectivity index (χ0n) is 11.3. The van der Waals surface area contributed by atoms with Crippen molar-refractivity contribution in [3.63, 3.8) is 0 Å². The number of hydrogen-bond acceptors (Lipinski definition) is 3. The molecule has 17 heavy (non-hydrogen) atoms.